The molecule has 0 radical (unpaired) electrons. The summed E-state index contributed by atoms with van der Waals surface area (Å²) in [6.45, 7) is 1.79. The van der Waals surface area contributed by atoms with Gasteiger partial charge in [0.1, 0.15) is 0 Å². The number of benzene rings is 2. The fraction of sp³-hybridized carbons (Fsp3) is 0.350. The number of halogens is 1. The lowest BCUT2D eigenvalue weighted by Gasteiger charge is -2.34. The monoisotopic (exact) mass is 358 g/mol. The summed E-state index contributed by atoms with van der Waals surface area (Å²) in [5.41, 5.74) is 8.18. The summed E-state index contributed by atoms with van der Waals surface area (Å²) in [5.74, 6) is 0.202. The topological polar surface area (TPSA) is 66.6 Å². The Morgan fingerprint density at radius 1 is 1.12 bits per heavy atom. The van der Waals surface area contributed by atoms with Gasteiger partial charge in [-0.05, 0) is 54.2 Å². The minimum Gasteiger partial charge on any atom is -0.388 e. The fourth-order valence-electron chi connectivity index (χ4n) is 3.32. The molecule has 3 rings (SSSR count). The van der Waals surface area contributed by atoms with E-state index in [1.807, 2.05) is 41.3 Å². The SMILES string of the molecule is NCc1ccc(C(=O)N2CCC(C(O)c3ccc(Cl)cc3)CC2)cc1. The van der Waals surface area contributed by atoms with E-state index >= 15 is 0 Å². The second-order valence-corrected chi connectivity index (χ2v) is 6.96. The Bertz CT molecular complexity index is 707. The molecule has 132 valence electrons. The maximum Gasteiger partial charge on any atom is 0.253 e. The van der Waals surface area contributed by atoms with Gasteiger partial charge < -0.3 is 15.7 Å². The molecule has 4 nitrogen and oxygen atoms in total. The van der Waals surface area contributed by atoms with Gasteiger partial charge in [-0.25, -0.2) is 0 Å². The molecular weight excluding hydrogens is 336 g/mol. The van der Waals surface area contributed by atoms with Gasteiger partial charge in [-0.2, -0.15) is 0 Å². The Balaban J connectivity index is 1.59. The van der Waals surface area contributed by atoms with Gasteiger partial charge in [0.2, 0.25) is 0 Å². The molecule has 2 aromatic rings. The average molecular weight is 359 g/mol. The molecule has 0 bridgehead atoms. The Labute approximate surface area is 153 Å². The molecule has 2 aromatic carbocycles. The predicted molar refractivity (Wildman–Crippen MR) is 99.4 cm³/mol. The van der Waals surface area contributed by atoms with Crippen molar-refractivity contribution < 1.29 is 9.90 Å². The Hall–Kier alpha value is -1.88. The summed E-state index contributed by atoms with van der Waals surface area (Å²) in [6, 6.07) is 14.8. The summed E-state index contributed by atoms with van der Waals surface area (Å²) < 4.78 is 0. The number of rotatable bonds is 4. The molecule has 0 spiro atoms. The lowest BCUT2D eigenvalue weighted by molar-refractivity contribution is 0.0462. The Kier molecular flexibility index (Phi) is 5.74. The van der Waals surface area contributed by atoms with Crippen molar-refractivity contribution in [3.8, 4) is 0 Å². The molecule has 1 atom stereocenters. The van der Waals surface area contributed by atoms with Crippen LogP contribution < -0.4 is 5.73 Å². The van der Waals surface area contributed by atoms with Crippen LogP contribution in [0.4, 0.5) is 0 Å². The third-order valence-electron chi connectivity index (χ3n) is 4.92. The number of nitrogens with two attached hydrogens (primary N) is 1. The summed E-state index contributed by atoms with van der Waals surface area (Å²) >= 11 is 5.90. The predicted octanol–water partition coefficient (Wildman–Crippen LogP) is 3.38. The lowest BCUT2D eigenvalue weighted by Crippen LogP contribution is -2.39. The smallest absolute Gasteiger partial charge is 0.253 e. The molecule has 1 aliphatic heterocycles. The highest BCUT2D eigenvalue weighted by Gasteiger charge is 2.28. The highest BCUT2D eigenvalue weighted by atomic mass is 35.5. The van der Waals surface area contributed by atoms with Crippen molar-refractivity contribution in [2.75, 3.05) is 13.1 Å². The van der Waals surface area contributed by atoms with Gasteiger partial charge in [0.25, 0.3) is 5.91 Å². The van der Waals surface area contributed by atoms with Gasteiger partial charge in [0.05, 0.1) is 6.10 Å². The van der Waals surface area contributed by atoms with Crippen LogP contribution in [0.25, 0.3) is 0 Å². The molecule has 1 amide bonds. The van der Waals surface area contributed by atoms with Crippen molar-refractivity contribution in [3.05, 3.63) is 70.2 Å². The van der Waals surface area contributed by atoms with Crippen LogP contribution in [0.3, 0.4) is 0 Å². The summed E-state index contributed by atoms with van der Waals surface area (Å²) in [7, 11) is 0. The first-order valence-corrected chi connectivity index (χ1v) is 8.98. The molecular formula is C20H23ClN2O2. The minimum atomic E-state index is -0.515. The van der Waals surface area contributed by atoms with E-state index in [0.29, 0.717) is 30.2 Å². The molecule has 5 heteroatoms. The largest absolute Gasteiger partial charge is 0.388 e. The van der Waals surface area contributed by atoms with Crippen molar-refractivity contribution in [2.24, 2.45) is 11.7 Å². The number of amides is 1. The van der Waals surface area contributed by atoms with E-state index in [-0.39, 0.29) is 11.8 Å². The number of likely N-dealkylation sites (tertiary alicyclic amines) is 1. The molecule has 1 fully saturated rings. The first-order chi connectivity index (χ1) is 12.1. The zero-order valence-electron chi connectivity index (χ0n) is 14.1. The van der Waals surface area contributed by atoms with Crippen LogP contribution >= 0.6 is 11.6 Å². The van der Waals surface area contributed by atoms with Crippen LogP contribution in [-0.2, 0) is 6.54 Å². The Morgan fingerprint density at radius 3 is 2.28 bits per heavy atom. The van der Waals surface area contributed by atoms with E-state index in [0.717, 1.165) is 24.0 Å². The first kappa shape index (κ1) is 17.9. The van der Waals surface area contributed by atoms with Crippen molar-refractivity contribution in [3.63, 3.8) is 0 Å². The molecule has 1 heterocycles. The number of aliphatic hydroxyl groups excluding tert-OH is 1. The molecule has 3 N–H and O–H groups in total. The maximum atomic E-state index is 12.6. The van der Waals surface area contributed by atoms with E-state index in [9.17, 15) is 9.90 Å². The van der Waals surface area contributed by atoms with Crippen LogP contribution in [0.5, 0.6) is 0 Å². The quantitative estimate of drug-likeness (QED) is 0.880. The number of piperidine rings is 1. The third kappa shape index (κ3) is 4.21. The van der Waals surface area contributed by atoms with E-state index in [1.165, 1.54) is 0 Å². The number of carbonyl (C=O) groups is 1. The van der Waals surface area contributed by atoms with E-state index < -0.39 is 6.10 Å². The van der Waals surface area contributed by atoms with Gasteiger partial charge in [-0.15, -0.1) is 0 Å². The van der Waals surface area contributed by atoms with E-state index in [4.69, 9.17) is 17.3 Å². The summed E-state index contributed by atoms with van der Waals surface area (Å²) in [4.78, 5) is 14.5. The molecule has 0 aromatic heterocycles. The molecule has 0 saturated carbocycles. The fourth-order valence-corrected chi connectivity index (χ4v) is 3.44. The highest BCUT2D eigenvalue weighted by Crippen LogP contribution is 2.31. The van der Waals surface area contributed by atoms with Crippen LogP contribution in [-0.4, -0.2) is 29.0 Å². The van der Waals surface area contributed by atoms with Crippen molar-refractivity contribution in [1.82, 2.24) is 4.90 Å². The van der Waals surface area contributed by atoms with E-state index in [1.54, 1.807) is 12.1 Å². The van der Waals surface area contributed by atoms with Crippen molar-refractivity contribution in [2.45, 2.75) is 25.5 Å². The minimum absolute atomic E-state index is 0.0444. The van der Waals surface area contributed by atoms with Gasteiger partial charge >= 0.3 is 0 Å². The Morgan fingerprint density at radius 2 is 1.72 bits per heavy atom. The zero-order valence-corrected chi connectivity index (χ0v) is 14.8. The standard InChI is InChI=1S/C20H23ClN2O2/c21-18-7-5-15(6-8-18)19(24)16-9-11-23(12-10-16)20(25)17-3-1-14(13-22)2-4-17/h1-8,16,19,24H,9-13,22H2. The molecule has 0 aliphatic carbocycles. The van der Waals surface area contributed by atoms with Crippen LogP contribution in [0.2, 0.25) is 5.02 Å². The maximum absolute atomic E-state index is 12.6. The van der Waals surface area contributed by atoms with Crippen molar-refractivity contribution >= 4 is 17.5 Å². The molecule has 1 aliphatic rings. The van der Waals surface area contributed by atoms with Crippen molar-refractivity contribution in [1.29, 1.82) is 0 Å². The first-order valence-electron chi connectivity index (χ1n) is 8.60. The number of carbonyl (C=O) groups excluding carboxylic acids is 1. The average Bonchev–Trinajstić information content (AvgIpc) is 2.67. The van der Waals surface area contributed by atoms with Crippen LogP contribution in [0.1, 0.15) is 40.4 Å². The number of hydrogen-bond donors (Lipinski definition) is 2. The van der Waals surface area contributed by atoms with E-state index in [2.05, 4.69) is 0 Å². The third-order valence-corrected chi connectivity index (χ3v) is 5.17. The van der Waals surface area contributed by atoms with Gasteiger partial charge in [-0.3, -0.25) is 4.79 Å². The second kappa shape index (κ2) is 8.00. The van der Waals surface area contributed by atoms with Gasteiger partial charge in [0.15, 0.2) is 0 Å². The summed E-state index contributed by atoms with van der Waals surface area (Å²) in [5, 5.41) is 11.2. The van der Waals surface area contributed by atoms with Gasteiger partial charge in [0, 0.05) is 30.2 Å². The van der Waals surface area contributed by atoms with Crippen LogP contribution in [0.15, 0.2) is 48.5 Å². The zero-order chi connectivity index (χ0) is 17.8. The number of hydrogen-bond acceptors (Lipinski definition) is 3. The lowest BCUT2D eigenvalue weighted by atomic mass is 9.87. The highest BCUT2D eigenvalue weighted by molar-refractivity contribution is 6.30. The molecule has 1 unspecified atom stereocenters. The summed E-state index contributed by atoms with van der Waals surface area (Å²) in [6.07, 6.45) is 1.06. The molecule has 25 heavy (non-hydrogen) atoms. The van der Waals surface area contributed by atoms with Gasteiger partial charge in [-0.1, -0.05) is 35.9 Å². The molecule has 1 saturated heterocycles. The second-order valence-electron chi connectivity index (χ2n) is 6.53. The van der Waals surface area contributed by atoms with Crippen LogP contribution in [0, 0.1) is 5.92 Å². The number of nitrogens with zero attached hydrogens (tertiary/aromatic N) is 1. The number of aliphatic hydroxyl groups is 1. The normalized spacial score (nSPS) is 16.7.